The fourth-order valence-electron chi connectivity index (χ4n) is 0.829. The topological polar surface area (TPSA) is 55.1 Å². The molecule has 0 bridgehead atoms. The molecule has 1 unspecified atom stereocenters. The maximum atomic E-state index is 11.6. The third-order valence-corrected chi connectivity index (χ3v) is 2.68. The lowest BCUT2D eigenvalue weighted by atomic mass is 9.87. The van der Waals surface area contributed by atoms with Crippen molar-refractivity contribution in [2.45, 2.75) is 53.6 Å². The van der Waals surface area contributed by atoms with E-state index in [2.05, 4.69) is 26.1 Å². The highest BCUT2D eigenvalue weighted by molar-refractivity contribution is 5.82. The van der Waals surface area contributed by atoms with Gasteiger partial charge < -0.3 is 11.1 Å². The number of hydrogen-bond acceptors (Lipinski definition) is 2. The Labute approximate surface area is 87.4 Å². The largest absolute Gasteiger partial charge is 0.352 e. The molecular weight excluding hydrogens is 176 g/mol. The molecule has 0 aromatic carbocycles. The van der Waals surface area contributed by atoms with E-state index < -0.39 is 6.04 Å². The van der Waals surface area contributed by atoms with E-state index in [9.17, 15) is 4.79 Å². The summed E-state index contributed by atoms with van der Waals surface area (Å²) in [4.78, 5) is 11.6. The molecule has 3 nitrogen and oxygen atoms in total. The van der Waals surface area contributed by atoms with Crippen LogP contribution in [0.2, 0.25) is 0 Å². The molecule has 0 fully saturated rings. The van der Waals surface area contributed by atoms with Crippen molar-refractivity contribution in [3.05, 3.63) is 0 Å². The lowest BCUT2D eigenvalue weighted by molar-refractivity contribution is -0.124. The summed E-state index contributed by atoms with van der Waals surface area (Å²) >= 11 is 0. The van der Waals surface area contributed by atoms with E-state index in [4.69, 9.17) is 5.73 Å². The molecule has 3 heteroatoms. The Kier molecular flexibility index (Phi) is 4.59. The van der Waals surface area contributed by atoms with Gasteiger partial charge in [-0.05, 0) is 18.3 Å². The molecule has 0 spiro atoms. The molecule has 3 N–H and O–H groups in total. The van der Waals surface area contributed by atoms with Gasteiger partial charge in [0.25, 0.3) is 0 Å². The fraction of sp³-hybridized carbons (Fsp3) is 0.909. The van der Waals surface area contributed by atoms with Crippen LogP contribution in [0.4, 0.5) is 0 Å². The average molecular weight is 200 g/mol. The van der Waals surface area contributed by atoms with E-state index in [1.807, 2.05) is 20.8 Å². The Morgan fingerprint density at radius 1 is 1.21 bits per heavy atom. The van der Waals surface area contributed by atoms with Crippen LogP contribution in [0.1, 0.15) is 41.5 Å². The molecule has 0 rings (SSSR count). The van der Waals surface area contributed by atoms with Crippen LogP contribution in [0.15, 0.2) is 0 Å². The minimum Gasteiger partial charge on any atom is -0.352 e. The molecular formula is C11H24N2O. The number of amides is 1. The maximum Gasteiger partial charge on any atom is 0.237 e. The van der Waals surface area contributed by atoms with Crippen LogP contribution >= 0.6 is 0 Å². The van der Waals surface area contributed by atoms with Gasteiger partial charge in [0.15, 0.2) is 0 Å². The Balaban J connectivity index is 4.20. The van der Waals surface area contributed by atoms with Gasteiger partial charge >= 0.3 is 0 Å². The lowest BCUT2D eigenvalue weighted by Gasteiger charge is -2.29. The summed E-state index contributed by atoms with van der Waals surface area (Å²) in [7, 11) is 0. The first-order chi connectivity index (χ1) is 6.16. The summed E-state index contributed by atoms with van der Waals surface area (Å²) in [5.74, 6) is 0.129. The van der Waals surface area contributed by atoms with E-state index in [1.54, 1.807) is 0 Å². The van der Waals surface area contributed by atoms with Crippen molar-refractivity contribution in [3.63, 3.8) is 0 Å². The summed E-state index contributed by atoms with van der Waals surface area (Å²) in [6.45, 7) is 12.2. The van der Waals surface area contributed by atoms with E-state index in [0.29, 0.717) is 0 Å². The monoisotopic (exact) mass is 200 g/mol. The smallest absolute Gasteiger partial charge is 0.237 e. The Bertz CT molecular complexity index is 194. The number of nitrogens with one attached hydrogen (secondary N) is 1. The van der Waals surface area contributed by atoms with Crippen LogP contribution in [0.5, 0.6) is 0 Å². The van der Waals surface area contributed by atoms with Gasteiger partial charge in [-0.3, -0.25) is 4.79 Å². The summed E-state index contributed by atoms with van der Waals surface area (Å²) in [5, 5.41) is 2.94. The highest BCUT2D eigenvalue weighted by Gasteiger charge is 2.25. The van der Waals surface area contributed by atoms with Crippen molar-refractivity contribution >= 4 is 5.91 Å². The Morgan fingerprint density at radius 2 is 1.64 bits per heavy atom. The predicted octanol–water partition coefficient (Wildman–Crippen LogP) is 1.52. The van der Waals surface area contributed by atoms with E-state index in [0.717, 1.165) is 0 Å². The molecule has 1 amide bonds. The van der Waals surface area contributed by atoms with Gasteiger partial charge in [0, 0.05) is 6.04 Å². The second-order valence-electron chi connectivity index (χ2n) is 5.37. The first-order valence-corrected chi connectivity index (χ1v) is 5.22. The Morgan fingerprint density at radius 3 is 1.93 bits per heavy atom. The summed E-state index contributed by atoms with van der Waals surface area (Å²) < 4.78 is 0. The number of nitrogens with two attached hydrogens (primary N) is 1. The fourth-order valence-corrected chi connectivity index (χ4v) is 0.829. The first kappa shape index (κ1) is 13.4. The zero-order valence-electron chi connectivity index (χ0n) is 10.2. The highest BCUT2D eigenvalue weighted by atomic mass is 16.2. The summed E-state index contributed by atoms with van der Waals surface area (Å²) in [6.07, 6.45) is 0. The zero-order chi connectivity index (χ0) is 11.5. The third-order valence-electron chi connectivity index (χ3n) is 2.68. The second-order valence-corrected chi connectivity index (χ2v) is 5.37. The second kappa shape index (κ2) is 4.78. The van der Waals surface area contributed by atoms with Crippen LogP contribution in [-0.2, 0) is 4.79 Å². The zero-order valence-corrected chi connectivity index (χ0v) is 10.2. The number of rotatable bonds is 3. The van der Waals surface area contributed by atoms with Crippen molar-refractivity contribution in [2.75, 3.05) is 0 Å². The maximum absolute atomic E-state index is 11.6. The van der Waals surface area contributed by atoms with Crippen LogP contribution < -0.4 is 11.1 Å². The van der Waals surface area contributed by atoms with Crippen LogP contribution in [0, 0.1) is 11.3 Å². The van der Waals surface area contributed by atoms with Crippen molar-refractivity contribution in [2.24, 2.45) is 17.1 Å². The normalized spacial score (nSPS) is 16.6. The molecule has 0 heterocycles. The minimum absolute atomic E-state index is 0.0533. The van der Waals surface area contributed by atoms with Crippen molar-refractivity contribution in [3.8, 4) is 0 Å². The molecule has 0 saturated carbocycles. The van der Waals surface area contributed by atoms with Gasteiger partial charge in [-0.15, -0.1) is 0 Å². The van der Waals surface area contributed by atoms with E-state index >= 15 is 0 Å². The average Bonchev–Trinajstić information content (AvgIpc) is 2.00. The van der Waals surface area contributed by atoms with Gasteiger partial charge in [-0.2, -0.15) is 0 Å². The van der Waals surface area contributed by atoms with Crippen LogP contribution in [0.3, 0.4) is 0 Å². The first-order valence-electron chi connectivity index (χ1n) is 5.22. The minimum atomic E-state index is -0.403. The molecule has 0 aliphatic carbocycles. The third kappa shape index (κ3) is 4.09. The van der Waals surface area contributed by atoms with E-state index in [1.165, 1.54) is 0 Å². The van der Waals surface area contributed by atoms with Gasteiger partial charge in [0.2, 0.25) is 5.91 Å². The SMILES string of the molecule is CC(C)[C@@H](N)C(=O)NC(C)C(C)(C)C. The number of hydrogen-bond donors (Lipinski definition) is 2. The summed E-state index contributed by atoms with van der Waals surface area (Å²) in [5.41, 5.74) is 5.82. The summed E-state index contributed by atoms with van der Waals surface area (Å²) in [6, 6.07) is -0.264. The van der Waals surface area contributed by atoms with Crippen LogP contribution in [-0.4, -0.2) is 18.0 Å². The standard InChI is InChI=1S/C11H24N2O/c1-7(2)9(12)10(14)13-8(3)11(4,5)6/h7-9H,12H2,1-6H3,(H,13,14)/t8?,9-/m1/s1. The highest BCUT2D eigenvalue weighted by Crippen LogP contribution is 2.18. The number of carbonyl (C=O) groups excluding carboxylic acids is 1. The molecule has 14 heavy (non-hydrogen) atoms. The van der Waals surface area contributed by atoms with Crippen molar-refractivity contribution < 1.29 is 4.79 Å². The quantitative estimate of drug-likeness (QED) is 0.725. The van der Waals surface area contributed by atoms with Crippen molar-refractivity contribution in [1.29, 1.82) is 0 Å². The Hall–Kier alpha value is -0.570. The molecule has 0 aliphatic rings. The molecule has 0 aromatic rings. The van der Waals surface area contributed by atoms with Gasteiger partial charge in [-0.25, -0.2) is 0 Å². The molecule has 0 radical (unpaired) electrons. The molecule has 0 saturated heterocycles. The van der Waals surface area contributed by atoms with E-state index in [-0.39, 0.29) is 23.3 Å². The molecule has 0 aromatic heterocycles. The molecule has 0 aliphatic heterocycles. The molecule has 84 valence electrons. The van der Waals surface area contributed by atoms with Gasteiger partial charge in [0.1, 0.15) is 0 Å². The van der Waals surface area contributed by atoms with Crippen molar-refractivity contribution in [1.82, 2.24) is 5.32 Å². The predicted molar refractivity (Wildman–Crippen MR) is 59.9 cm³/mol. The number of carbonyl (C=O) groups is 1. The lowest BCUT2D eigenvalue weighted by Crippen LogP contribution is -2.50. The van der Waals surface area contributed by atoms with Gasteiger partial charge in [-0.1, -0.05) is 34.6 Å². The van der Waals surface area contributed by atoms with Crippen LogP contribution in [0.25, 0.3) is 0 Å². The molecule has 2 atom stereocenters. The van der Waals surface area contributed by atoms with Gasteiger partial charge in [0.05, 0.1) is 6.04 Å².